The minimum absolute atomic E-state index is 0.00199. The summed E-state index contributed by atoms with van der Waals surface area (Å²) in [6.45, 7) is 0.150. The molecule has 2 N–H and O–H groups in total. The van der Waals surface area contributed by atoms with Crippen LogP contribution in [0.5, 0.6) is 5.75 Å². The second-order valence-electron chi connectivity index (χ2n) is 6.04. The first kappa shape index (κ1) is 19.8. The topological polar surface area (TPSA) is 105 Å². The van der Waals surface area contributed by atoms with Crippen LogP contribution in [0.25, 0.3) is 0 Å². The fraction of sp³-hybridized carbons (Fsp3) is 0.222. The largest absolute Gasteiger partial charge is 0.484 e. The predicted octanol–water partition coefficient (Wildman–Crippen LogP) is 1.34. The molecule has 1 aliphatic heterocycles. The lowest BCUT2D eigenvalue weighted by atomic mass is 10.3. The Bertz CT molecular complexity index is 962. The van der Waals surface area contributed by atoms with Crippen molar-refractivity contribution in [3.63, 3.8) is 0 Å². The van der Waals surface area contributed by atoms with Crippen molar-refractivity contribution >= 4 is 27.5 Å². The quantitative estimate of drug-likeness (QED) is 0.674. The molecular formula is C18H18FN3O5S. The van der Waals surface area contributed by atoms with Gasteiger partial charge >= 0.3 is 0 Å². The molecule has 0 unspecified atom stereocenters. The lowest BCUT2D eigenvalue weighted by Gasteiger charge is -2.16. The van der Waals surface area contributed by atoms with Crippen molar-refractivity contribution in [2.75, 3.05) is 18.1 Å². The SMILES string of the molecule is O=C(COc1ccc(F)cc1)NNS(=O)(=O)c1ccc(N2CCCC2=O)cc1. The number of ether oxygens (including phenoxy) is 1. The molecule has 3 rings (SSSR count). The second kappa shape index (κ2) is 8.36. The molecule has 0 bridgehead atoms. The Morgan fingerprint density at radius 3 is 2.39 bits per heavy atom. The van der Waals surface area contributed by atoms with E-state index in [1.165, 1.54) is 48.5 Å². The van der Waals surface area contributed by atoms with Gasteiger partial charge in [-0.15, -0.1) is 4.83 Å². The first-order valence-corrected chi connectivity index (χ1v) is 9.93. The number of carbonyl (C=O) groups excluding carboxylic acids is 2. The van der Waals surface area contributed by atoms with Crippen molar-refractivity contribution in [3.05, 3.63) is 54.3 Å². The van der Waals surface area contributed by atoms with Gasteiger partial charge in [-0.1, -0.05) is 0 Å². The Morgan fingerprint density at radius 1 is 1.11 bits per heavy atom. The third kappa shape index (κ3) is 4.84. The normalized spacial score (nSPS) is 14.2. The minimum Gasteiger partial charge on any atom is -0.484 e. The monoisotopic (exact) mass is 407 g/mol. The second-order valence-corrected chi connectivity index (χ2v) is 7.72. The number of benzene rings is 2. The molecule has 8 nitrogen and oxygen atoms in total. The van der Waals surface area contributed by atoms with Crippen LogP contribution in [-0.2, 0) is 19.6 Å². The van der Waals surface area contributed by atoms with Gasteiger partial charge in [-0.25, -0.2) is 12.8 Å². The number of carbonyl (C=O) groups is 2. The Morgan fingerprint density at radius 2 is 1.79 bits per heavy atom. The average Bonchev–Trinajstić information content (AvgIpc) is 3.12. The van der Waals surface area contributed by atoms with E-state index in [0.717, 1.165) is 6.42 Å². The van der Waals surface area contributed by atoms with E-state index in [1.54, 1.807) is 4.90 Å². The Hall–Kier alpha value is -2.98. The van der Waals surface area contributed by atoms with Crippen molar-refractivity contribution in [1.29, 1.82) is 0 Å². The van der Waals surface area contributed by atoms with Crippen LogP contribution in [-0.4, -0.2) is 33.4 Å². The molecule has 0 atom stereocenters. The lowest BCUT2D eigenvalue weighted by molar-refractivity contribution is -0.123. The zero-order valence-electron chi connectivity index (χ0n) is 14.7. The van der Waals surface area contributed by atoms with Crippen LogP contribution in [0.1, 0.15) is 12.8 Å². The van der Waals surface area contributed by atoms with E-state index in [2.05, 4.69) is 0 Å². The Labute approximate surface area is 161 Å². The van der Waals surface area contributed by atoms with E-state index >= 15 is 0 Å². The molecule has 1 heterocycles. The van der Waals surface area contributed by atoms with Crippen molar-refractivity contribution < 1.29 is 27.1 Å². The van der Waals surface area contributed by atoms with Crippen LogP contribution < -0.4 is 19.9 Å². The predicted molar refractivity (Wildman–Crippen MR) is 98.4 cm³/mol. The zero-order chi connectivity index (χ0) is 20.1. The summed E-state index contributed by atoms with van der Waals surface area (Å²) in [6.07, 6.45) is 1.25. The number of hydrazine groups is 1. The molecule has 0 aromatic heterocycles. The molecule has 0 spiro atoms. The summed E-state index contributed by atoms with van der Waals surface area (Å²) in [5.74, 6) is -0.898. The third-order valence-electron chi connectivity index (χ3n) is 4.04. The van der Waals surface area contributed by atoms with E-state index in [1.807, 2.05) is 10.3 Å². The maximum atomic E-state index is 12.8. The molecular weight excluding hydrogens is 389 g/mol. The van der Waals surface area contributed by atoms with Gasteiger partial charge in [0.05, 0.1) is 4.90 Å². The number of amides is 2. The molecule has 0 aliphatic carbocycles. The van der Waals surface area contributed by atoms with Gasteiger partial charge in [0, 0.05) is 18.7 Å². The highest BCUT2D eigenvalue weighted by atomic mass is 32.2. The van der Waals surface area contributed by atoms with Gasteiger partial charge in [-0.3, -0.25) is 15.0 Å². The van der Waals surface area contributed by atoms with E-state index in [-0.39, 0.29) is 16.6 Å². The number of rotatable bonds is 7. The molecule has 2 aromatic carbocycles. The van der Waals surface area contributed by atoms with Crippen LogP contribution in [0.2, 0.25) is 0 Å². The highest BCUT2D eigenvalue weighted by molar-refractivity contribution is 7.89. The van der Waals surface area contributed by atoms with Gasteiger partial charge in [0.2, 0.25) is 5.91 Å². The molecule has 1 fully saturated rings. The highest BCUT2D eigenvalue weighted by Crippen LogP contribution is 2.22. The van der Waals surface area contributed by atoms with Crippen LogP contribution in [0, 0.1) is 5.82 Å². The number of nitrogens with zero attached hydrogens (tertiary/aromatic N) is 1. The van der Waals surface area contributed by atoms with Crippen LogP contribution >= 0.6 is 0 Å². The molecule has 1 aliphatic rings. The molecule has 0 radical (unpaired) electrons. The van der Waals surface area contributed by atoms with Gasteiger partial charge in [0.15, 0.2) is 6.61 Å². The fourth-order valence-electron chi connectivity index (χ4n) is 2.63. The molecule has 0 saturated carbocycles. The van der Waals surface area contributed by atoms with E-state index in [9.17, 15) is 22.4 Å². The van der Waals surface area contributed by atoms with Crippen LogP contribution in [0.15, 0.2) is 53.4 Å². The molecule has 1 saturated heterocycles. The van der Waals surface area contributed by atoms with Gasteiger partial charge in [0.25, 0.3) is 15.9 Å². The number of hydrogen-bond donors (Lipinski definition) is 2. The maximum Gasteiger partial charge on any atom is 0.272 e. The number of halogens is 1. The minimum atomic E-state index is -3.99. The van der Waals surface area contributed by atoms with Crippen LogP contribution in [0.4, 0.5) is 10.1 Å². The number of nitrogens with one attached hydrogen (secondary N) is 2. The fourth-order valence-corrected chi connectivity index (χ4v) is 3.49. The maximum absolute atomic E-state index is 12.8. The number of anilines is 1. The average molecular weight is 407 g/mol. The first-order chi connectivity index (χ1) is 13.3. The Kier molecular flexibility index (Phi) is 5.90. The smallest absolute Gasteiger partial charge is 0.272 e. The van der Waals surface area contributed by atoms with Gasteiger partial charge in [0.1, 0.15) is 11.6 Å². The van der Waals surface area contributed by atoms with Gasteiger partial charge in [-0.2, -0.15) is 0 Å². The molecule has 148 valence electrons. The summed E-state index contributed by atoms with van der Waals surface area (Å²) >= 11 is 0. The standard InChI is InChI=1S/C18H18FN3O5S/c19-13-3-7-15(8-4-13)27-12-17(23)20-21-28(25,26)16-9-5-14(6-10-16)22-11-1-2-18(22)24/h3-10,21H,1-2,11-12H2,(H,20,23). The zero-order valence-corrected chi connectivity index (χ0v) is 15.5. The number of hydrogen-bond acceptors (Lipinski definition) is 5. The molecule has 10 heteroatoms. The molecule has 2 amide bonds. The lowest BCUT2D eigenvalue weighted by Crippen LogP contribution is -2.43. The van der Waals surface area contributed by atoms with E-state index in [4.69, 9.17) is 4.74 Å². The summed E-state index contributed by atoms with van der Waals surface area (Å²) in [7, 11) is -3.99. The first-order valence-electron chi connectivity index (χ1n) is 8.44. The molecule has 2 aromatic rings. The van der Waals surface area contributed by atoms with Crippen molar-refractivity contribution in [2.45, 2.75) is 17.7 Å². The van der Waals surface area contributed by atoms with Crippen LogP contribution in [0.3, 0.4) is 0 Å². The van der Waals surface area contributed by atoms with Crippen molar-refractivity contribution in [3.8, 4) is 5.75 Å². The Balaban J connectivity index is 1.53. The van der Waals surface area contributed by atoms with Crippen molar-refractivity contribution in [2.24, 2.45) is 0 Å². The molecule has 28 heavy (non-hydrogen) atoms. The van der Waals surface area contributed by atoms with Crippen molar-refractivity contribution in [1.82, 2.24) is 10.3 Å². The highest BCUT2D eigenvalue weighted by Gasteiger charge is 2.22. The van der Waals surface area contributed by atoms with Gasteiger partial charge in [-0.05, 0) is 55.0 Å². The van der Waals surface area contributed by atoms with E-state index in [0.29, 0.717) is 18.7 Å². The summed E-state index contributed by atoms with van der Waals surface area (Å²) < 4.78 is 42.4. The summed E-state index contributed by atoms with van der Waals surface area (Å²) in [5.41, 5.74) is 2.66. The summed E-state index contributed by atoms with van der Waals surface area (Å²) in [6, 6.07) is 10.8. The third-order valence-corrected chi connectivity index (χ3v) is 5.30. The summed E-state index contributed by atoms with van der Waals surface area (Å²) in [4.78, 5) is 27.0. The van der Waals surface area contributed by atoms with E-state index < -0.39 is 28.4 Å². The number of sulfonamides is 1. The summed E-state index contributed by atoms with van der Waals surface area (Å²) in [5, 5.41) is 0. The van der Waals surface area contributed by atoms with Gasteiger partial charge < -0.3 is 9.64 Å².